The molecule has 0 saturated heterocycles. The number of nitrogens with zero attached hydrogens (tertiary/aromatic N) is 3. The van der Waals surface area contributed by atoms with E-state index in [-0.39, 0.29) is 11.6 Å². The molecule has 0 fully saturated rings. The van der Waals surface area contributed by atoms with Crippen LogP contribution in [0.1, 0.15) is 13.3 Å². The van der Waals surface area contributed by atoms with Crippen LogP contribution in [0.5, 0.6) is 0 Å². The lowest BCUT2D eigenvalue weighted by molar-refractivity contribution is -0.390. The summed E-state index contributed by atoms with van der Waals surface area (Å²) in [5.74, 6) is 0.589. The van der Waals surface area contributed by atoms with Crippen LogP contribution in [0.15, 0.2) is 14.6 Å². The van der Waals surface area contributed by atoms with Gasteiger partial charge in [-0.3, -0.25) is 24.0 Å². The van der Waals surface area contributed by atoms with E-state index in [9.17, 15) is 19.7 Å². The second-order valence-corrected chi connectivity index (χ2v) is 4.73. The van der Waals surface area contributed by atoms with Crippen molar-refractivity contribution in [1.29, 1.82) is 0 Å². The molecule has 1 aliphatic rings. The molecule has 1 aromatic heterocycles. The molecule has 0 spiro atoms. The summed E-state index contributed by atoms with van der Waals surface area (Å²) in [7, 11) is 0. The van der Waals surface area contributed by atoms with E-state index >= 15 is 0 Å². The Morgan fingerprint density at radius 1 is 1.47 bits per heavy atom. The fraction of sp³-hybridized carbons (Fsp3) is 0.556. The van der Waals surface area contributed by atoms with Gasteiger partial charge in [-0.05, 0) is 6.42 Å². The van der Waals surface area contributed by atoms with E-state index in [0.717, 1.165) is 4.57 Å². The van der Waals surface area contributed by atoms with Gasteiger partial charge in [0.15, 0.2) is 5.03 Å². The Labute approximate surface area is 100 Å². The quantitative estimate of drug-likeness (QED) is 0.445. The van der Waals surface area contributed by atoms with Gasteiger partial charge in [0.25, 0.3) is 0 Å². The molecule has 0 atom stereocenters. The monoisotopic (exact) mass is 257 g/mol. The largest absolute Gasteiger partial charge is 0.364 e. The molecule has 0 N–H and O–H groups in total. The van der Waals surface area contributed by atoms with E-state index in [1.54, 1.807) is 0 Å². The summed E-state index contributed by atoms with van der Waals surface area (Å²) in [5.41, 5.74) is -1.70. The van der Waals surface area contributed by atoms with Crippen molar-refractivity contribution < 1.29 is 4.92 Å². The lowest BCUT2D eigenvalue weighted by atomic mass is 10.4. The van der Waals surface area contributed by atoms with Gasteiger partial charge in [0.1, 0.15) is 0 Å². The summed E-state index contributed by atoms with van der Waals surface area (Å²) >= 11 is 1.19. The zero-order chi connectivity index (χ0) is 12.6. The van der Waals surface area contributed by atoms with Crippen molar-refractivity contribution in [3.05, 3.63) is 31.0 Å². The lowest BCUT2D eigenvalue weighted by Gasteiger charge is -2.07. The Balaban J connectivity index is 2.81. The van der Waals surface area contributed by atoms with E-state index < -0.39 is 21.9 Å². The smallest absolute Gasteiger partial charge is 0.281 e. The van der Waals surface area contributed by atoms with Gasteiger partial charge in [0, 0.05) is 18.8 Å². The van der Waals surface area contributed by atoms with Gasteiger partial charge < -0.3 is 0 Å². The minimum absolute atomic E-state index is 0.192. The molecular weight excluding hydrogens is 246 g/mol. The van der Waals surface area contributed by atoms with Crippen LogP contribution in [0.2, 0.25) is 0 Å². The Bertz CT molecular complexity index is 589. The first-order chi connectivity index (χ1) is 8.07. The zero-order valence-corrected chi connectivity index (χ0v) is 10.0. The molecule has 17 heavy (non-hydrogen) atoms. The van der Waals surface area contributed by atoms with Crippen LogP contribution in [0.25, 0.3) is 0 Å². The fourth-order valence-electron chi connectivity index (χ4n) is 1.82. The standard InChI is InChI=1S/C9H11N3O4S/c1-2-3-10-7(13)6(12(15)16)8-11(9(10)14)4-5-17-8/h2-5H2,1H3. The molecule has 0 saturated carbocycles. The molecule has 1 aromatic rings. The number of hydrogen-bond donors (Lipinski definition) is 0. The summed E-state index contributed by atoms with van der Waals surface area (Å²) in [6.07, 6.45) is 0.582. The van der Waals surface area contributed by atoms with E-state index in [2.05, 4.69) is 0 Å². The lowest BCUT2D eigenvalue weighted by Crippen LogP contribution is -2.40. The fourth-order valence-corrected chi connectivity index (χ4v) is 2.91. The predicted molar refractivity (Wildman–Crippen MR) is 62.6 cm³/mol. The van der Waals surface area contributed by atoms with Crippen molar-refractivity contribution in [2.24, 2.45) is 0 Å². The van der Waals surface area contributed by atoms with Crippen LogP contribution in [0.4, 0.5) is 5.69 Å². The molecule has 0 aliphatic carbocycles. The summed E-state index contributed by atoms with van der Waals surface area (Å²) in [4.78, 5) is 34.0. The second-order valence-electron chi connectivity index (χ2n) is 3.65. The van der Waals surface area contributed by atoms with Gasteiger partial charge in [0.05, 0.1) is 4.92 Å². The van der Waals surface area contributed by atoms with Crippen LogP contribution < -0.4 is 11.2 Å². The van der Waals surface area contributed by atoms with Gasteiger partial charge in [-0.1, -0.05) is 18.7 Å². The minimum atomic E-state index is -0.789. The highest BCUT2D eigenvalue weighted by atomic mass is 32.2. The highest BCUT2D eigenvalue weighted by Crippen LogP contribution is 2.29. The van der Waals surface area contributed by atoms with Crippen LogP contribution in [0.3, 0.4) is 0 Å². The van der Waals surface area contributed by atoms with E-state index in [4.69, 9.17) is 0 Å². The number of aromatic nitrogens is 2. The molecule has 2 heterocycles. The van der Waals surface area contributed by atoms with Crippen LogP contribution in [-0.2, 0) is 13.1 Å². The molecule has 1 aliphatic heterocycles. The average Bonchev–Trinajstić information content (AvgIpc) is 2.72. The first-order valence-electron chi connectivity index (χ1n) is 5.22. The number of fused-ring (bicyclic) bond motifs is 1. The molecule has 92 valence electrons. The van der Waals surface area contributed by atoms with Crippen LogP contribution in [-0.4, -0.2) is 19.8 Å². The summed E-state index contributed by atoms with van der Waals surface area (Å²) in [5, 5.41) is 11.1. The average molecular weight is 257 g/mol. The summed E-state index contributed by atoms with van der Waals surface area (Å²) < 4.78 is 2.27. The van der Waals surface area contributed by atoms with E-state index in [1.165, 1.54) is 16.3 Å². The normalized spacial score (nSPS) is 13.7. The molecule has 7 nitrogen and oxygen atoms in total. The number of hydrogen-bond acceptors (Lipinski definition) is 5. The molecule has 0 amide bonds. The van der Waals surface area contributed by atoms with E-state index in [0.29, 0.717) is 18.7 Å². The van der Waals surface area contributed by atoms with Gasteiger partial charge in [0.2, 0.25) is 0 Å². The third-order valence-corrected chi connectivity index (χ3v) is 3.61. The van der Waals surface area contributed by atoms with Gasteiger partial charge in [-0.15, -0.1) is 0 Å². The van der Waals surface area contributed by atoms with Crippen LogP contribution >= 0.6 is 11.8 Å². The third kappa shape index (κ3) is 1.78. The maximum Gasteiger partial charge on any atom is 0.364 e. The number of thioether (sulfide) groups is 1. The summed E-state index contributed by atoms with van der Waals surface area (Å²) in [6, 6.07) is 0. The molecular formula is C9H11N3O4S. The van der Waals surface area contributed by atoms with Crippen molar-refractivity contribution in [3.8, 4) is 0 Å². The molecule has 2 rings (SSSR count). The zero-order valence-electron chi connectivity index (χ0n) is 9.21. The molecule has 0 unspecified atom stereocenters. The van der Waals surface area contributed by atoms with Crippen LogP contribution in [0, 0.1) is 10.1 Å². The Morgan fingerprint density at radius 3 is 2.76 bits per heavy atom. The van der Waals surface area contributed by atoms with Crippen molar-refractivity contribution in [1.82, 2.24) is 9.13 Å². The van der Waals surface area contributed by atoms with Crippen molar-refractivity contribution in [3.63, 3.8) is 0 Å². The Morgan fingerprint density at radius 2 is 2.18 bits per heavy atom. The van der Waals surface area contributed by atoms with E-state index in [1.807, 2.05) is 6.92 Å². The van der Waals surface area contributed by atoms with Crippen molar-refractivity contribution in [2.45, 2.75) is 31.5 Å². The van der Waals surface area contributed by atoms with Crippen molar-refractivity contribution in [2.75, 3.05) is 5.75 Å². The molecule has 0 aromatic carbocycles. The number of nitro groups is 1. The topological polar surface area (TPSA) is 87.1 Å². The van der Waals surface area contributed by atoms with Crippen molar-refractivity contribution >= 4 is 17.4 Å². The number of rotatable bonds is 3. The Hall–Kier alpha value is -1.57. The maximum absolute atomic E-state index is 11.9. The van der Waals surface area contributed by atoms with Gasteiger partial charge in [-0.2, -0.15) is 0 Å². The molecule has 0 bridgehead atoms. The highest BCUT2D eigenvalue weighted by Gasteiger charge is 2.30. The minimum Gasteiger partial charge on any atom is -0.281 e. The Kier molecular flexibility index (Phi) is 3.05. The molecule has 0 radical (unpaired) electrons. The summed E-state index contributed by atoms with van der Waals surface area (Å²) in [6.45, 7) is 2.44. The first kappa shape index (κ1) is 11.9. The van der Waals surface area contributed by atoms with Gasteiger partial charge >= 0.3 is 16.9 Å². The highest BCUT2D eigenvalue weighted by molar-refractivity contribution is 7.99. The maximum atomic E-state index is 11.9. The first-order valence-corrected chi connectivity index (χ1v) is 6.21. The third-order valence-electron chi connectivity index (χ3n) is 2.54. The molecule has 8 heteroatoms. The van der Waals surface area contributed by atoms with Gasteiger partial charge in [-0.25, -0.2) is 4.79 Å². The predicted octanol–water partition coefficient (Wildman–Crippen LogP) is 0.434. The second kappa shape index (κ2) is 4.36. The SMILES string of the molecule is CCCn1c(=O)c([N+](=O)[O-])c2n(c1=O)CCS2.